The fourth-order valence-electron chi connectivity index (χ4n) is 2.36. The standard InChI is InChI=1S/C18H29N/c1-4-18(5-2)16-19-14-10-6-8-12-17(3)13-9-7-11-15-19/h4-6,8,13H,1,7,9-12,14-16H2,2-3H3/b8-6-,17-13-,18-5+. The Balaban J connectivity index is 2.53. The number of hydrogen-bond donors (Lipinski definition) is 0. The first-order valence-corrected chi connectivity index (χ1v) is 7.57. The van der Waals surface area contributed by atoms with Gasteiger partial charge in [-0.05, 0) is 58.1 Å². The van der Waals surface area contributed by atoms with Gasteiger partial charge in [-0.3, -0.25) is 4.90 Å². The summed E-state index contributed by atoms with van der Waals surface area (Å²) in [6.07, 6.45) is 17.3. The molecule has 0 atom stereocenters. The molecular weight excluding hydrogens is 230 g/mol. The molecule has 0 spiro atoms. The summed E-state index contributed by atoms with van der Waals surface area (Å²) >= 11 is 0. The van der Waals surface area contributed by atoms with Gasteiger partial charge in [-0.1, -0.05) is 42.5 Å². The molecule has 0 fully saturated rings. The lowest BCUT2D eigenvalue weighted by Crippen LogP contribution is -2.27. The Labute approximate surface area is 119 Å². The molecule has 0 bridgehead atoms. The van der Waals surface area contributed by atoms with Gasteiger partial charge in [0.2, 0.25) is 0 Å². The van der Waals surface area contributed by atoms with E-state index in [1.54, 1.807) is 0 Å². The Morgan fingerprint density at radius 1 is 1.26 bits per heavy atom. The Bertz CT molecular complexity index is 347. The zero-order chi connectivity index (χ0) is 13.9. The molecule has 1 rings (SSSR count). The molecule has 0 aromatic rings. The summed E-state index contributed by atoms with van der Waals surface area (Å²) in [6, 6.07) is 0. The molecule has 1 nitrogen and oxygen atoms in total. The fourth-order valence-corrected chi connectivity index (χ4v) is 2.36. The summed E-state index contributed by atoms with van der Waals surface area (Å²) < 4.78 is 0. The molecule has 0 radical (unpaired) electrons. The molecule has 19 heavy (non-hydrogen) atoms. The molecule has 0 aromatic carbocycles. The third-order valence-electron chi connectivity index (χ3n) is 3.68. The van der Waals surface area contributed by atoms with Crippen LogP contribution in [0.5, 0.6) is 0 Å². The topological polar surface area (TPSA) is 3.24 Å². The molecule has 1 heterocycles. The van der Waals surface area contributed by atoms with E-state index >= 15 is 0 Å². The monoisotopic (exact) mass is 259 g/mol. The van der Waals surface area contributed by atoms with Crippen molar-refractivity contribution >= 4 is 0 Å². The van der Waals surface area contributed by atoms with E-state index in [1.165, 1.54) is 37.0 Å². The maximum atomic E-state index is 3.89. The van der Waals surface area contributed by atoms with E-state index < -0.39 is 0 Å². The van der Waals surface area contributed by atoms with Gasteiger partial charge in [0.25, 0.3) is 0 Å². The molecule has 0 saturated carbocycles. The van der Waals surface area contributed by atoms with Crippen LogP contribution in [0.1, 0.15) is 46.0 Å². The van der Waals surface area contributed by atoms with Crippen LogP contribution in [-0.4, -0.2) is 24.5 Å². The lowest BCUT2D eigenvalue weighted by molar-refractivity contribution is 0.297. The zero-order valence-corrected chi connectivity index (χ0v) is 12.7. The lowest BCUT2D eigenvalue weighted by Gasteiger charge is -2.22. The van der Waals surface area contributed by atoms with Crippen molar-refractivity contribution in [1.82, 2.24) is 4.90 Å². The normalized spacial score (nSPS) is 24.7. The van der Waals surface area contributed by atoms with Gasteiger partial charge in [-0.25, -0.2) is 0 Å². The van der Waals surface area contributed by atoms with Crippen LogP contribution in [-0.2, 0) is 0 Å². The second-order valence-electron chi connectivity index (χ2n) is 5.35. The number of allylic oxidation sites excluding steroid dienone is 4. The highest BCUT2D eigenvalue weighted by Crippen LogP contribution is 2.10. The Kier molecular flexibility index (Phi) is 8.24. The quantitative estimate of drug-likeness (QED) is 0.515. The van der Waals surface area contributed by atoms with Crippen molar-refractivity contribution in [3.8, 4) is 0 Å². The first kappa shape index (κ1) is 16.0. The second kappa shape index (κ2) is 9.80. The molecule has 0 N–H and O–H groups in total. The molecule has 0 amide bonds. The predicted molar refractivity (Wildman–Crippen MR) is 86.4 cm³/mol. The SMILES string of the molecule is C=C/C(=C\C)CN1CC/C=C\C/C(C)=C\CCCC1. The Hall–Kier alpha value is -1.08. The molecule has 0 aromatic heterocycles. The first-order chi connectivity index (χ1) is 9.26. The van der Waals surface area contributed by atoms with Crippen molar-refractivity contribution < 1.29 is 0 Å². The summed E-state index contributed by atoms with van der Waals surface area (Å²) in [7, 11) is 0. The van der Waals surface area contributed by atoms with E-state index in [0.29, 0.717) is 0 Å². The van der Waals surface area contributed by atoms with Crippen LogP contribution >= 0.6 is 0 Å². The van der Waals surface area contributed by atoms with Crippen molar-refractivity contribution in [3.05, 3.63) is 48.1 Å². The van der Waals surface area contributed by atoms with Gasteiger partial charge in [0.1, 0.15) is 0 Å². The summed E-state index contributed by atoms with van der Waals surface area (Å²) in [5.41, 5.74) is 2.85. The molecule has 0 aliphatic carbocycles. The summed E-state index contributed by atoms with van der Waals surface area (Å²) in [5.74, 6) is 0. The molecule has 0 saturated heterocycles. The zero-order valence-electron chi connectivity index (χ0n) is 12.7. The van der Waals surface area contributed by atoms with Crippen molar-refractivity contribution in [1.29, 1.82) is 0 Å². The number of rotatable bonds is 3. The summed E-state index contributed by atoms with van der Waals surface area (Å²) in [4.78, 5) is 2.56. The van der Waals surface area contributed by atoms with Crippen LogP contribution < -0.4 is 0 Å². The summed E-state index contributed by atoms with van der Waals surface area (Å²) in [6.45, 7) is 11.6. The minimum atomic E-state index is 1.04. The van der Waals surface area contributed by atoms with Crippen LogP contribution in [0.4, 0.5) is 0 Å². The van der Waals surface area contributed by atoms with Crippen LogP contribution in [0.25, 0.3) is 0 Å². The average Bonchev–Trinajstić information content (AvgIpc) is 2.41. The van der Waals surface area contributed by atoms with Crippen LogP contribution in [0, 0.1) is 0 Å². The highest BCUT2D eigenvalue weighted by Gasteiger charge is 2.05. The van der Waals surface area contributed by atoms with Gasteiger partial charge in [-0.15, -0.1) is 0 Å². The van der Waals surface area contributed by atoms with Crippen molar-refractivity contribution in [3.63, 3.8) is 0 Å². The summed E-state index contributed by atoms with van der Waals surface area (Å²) in [5, 5.41) is 0. The molecule has 0 unspecified atom stereocenters. The van der Waals surface area contributed by atoms with Gasteiger partial charge < -0.3 is 0 Å². The van der Waals surface area contributed by atoms with E-state index in [2.05, 4.69) is 49.6 Å². The smallest absolute Gasteiger partial charge is 0.0230 e. The molecule has 1 aliphatic heterocycles. The highest BCUT2D eigenvalue weighted by molar-refractivity contribution is 5.17. The fraction of sp³-hybridized carbons (Fsp3) is 0.556. The van der Waals surface area contributed by atoms with Gasteiger partial charge in [0.05, 0.1) is 0 Å². The lowest BCUT2D eigenvalue weighted by atomic mass is 10.1. The van der Waals surface area contributed by atoms with Crippen molar-refractivity contribution in [2.24, 2.45) is 0 Å². The third kappa shape index (κ3) is 7.17. The van der Waals surface area contributed by atoms with Gasteiger partial charge >= 0.3 is 0 Å². The largest absolute Gasteiger partial charge is 0.299 e. The molecule has 106 valence electrons. The van der Waals surface area contributed by atoms with Gasteiger partial charge in [-0.2, -0.15) is 0 Å². The van der Waals surface area contributed by atoms with Crippen molar-refractivity contribution in [2.75, 3.05) is 19.6 Å². The van der Waals surface area contributed by atoms with E-state index in [0.717, 1.165) is 25.9 Å². The van der Waals surface area contributed by atoms with Crippen molar-refractivity contribution in [2.45, 2.75) is 46.0 Å². The second-order valence-corrected chi connectivity index (χ2v) is 5.35. The maximum Gasteiger partial charge on any atom is 0.0230 e. The van der Waals surface area contributed by atoms with E-state index in [-0.39, 0.29) is 0 Å². The Morgan fingerprint density at radius 3 is 2.84 bits per heavy atom. The predicted octanol–water partition coefficient (Wildman–Crippen LogP) is 4.89. The maximum absolute atomic E-state index is 3.89. The number of hydrogen-bond acceptors (Lipinski definition) is 1. The van der Waals surface area contributed by atoms with Gasteiger partial charge in [0.15, 0.2) is 0 Å². The molecule has 1 aliphatic rings. The minimum Gasteiger partial charge on any atom is -0.299 e. The van der Waals surface area contributed by atoms with E-state index in [9.17, 15) is 0 Å². The van der Waals surface area contributed by atoms with E-state index in [4.69, 9.17) is 0 Å². The molecular formula is C18H29N. The first-order valence-electron chi connectivity index (χ1n) is 7.57. The number of nitrogens with zero attached hydrogens (tertiary/aromatic N) is 1. The molecule has 1 heteroatoms. The average molecular weight is 259 g/mol. The van der Waals surface area contributed by atoms with Crippen LogP contribution in [0.3, 0.4) is 0 Å². The highest BCUT2D eigenvalue weighted by atomic mass is 15.1. The van der Waals surface area contributed by atoms with Gasteiger partial charge in [0, 0.05) is 13.1 Å². The van der Waals surface area contributed by atoms with E-state index in [1.807, 2.05) is 6.08 Å². The Morgan fingerprint density at radius 2 is 2.11 bits per heavy atom. The van der Waals surface area contributed by atoms with Crippen LogP contribution in [0.2, 0.25) is 0 Å². The third-order valence-corrected chi connectivity index (χ3v) is 3.68. The minimum absolute atomic E-state index is 1.04. The van der Waals surface area contributed by atoms with Crippen LogP contribution in [0.15, 0.2) is 48.1 Å².